The lowest BCUT2D eigenvalue weighted by atomic mass is 9.94. The van der Waals surface area contributed by atoms with Gasteiger partial charge in [-0.05, 0) is 45.6 Å². The molecule has 0 saturated carbocycles. The summed E-state index contributed by atoms with van der Waals surface area (Å²) in [6.45, 7) is 6.33. The first-order chi connectivity index (χ1) is 7.74. The number of amides is 1. The van der Waals surface area contributed by atoms with Gasteiger partial charge in [-0.15, -0.1) is 0 Å². The molecule has 2 aliphatic heterocycles. The van der Waals surface area contributed by atoms with Gasteiger partial charge in [0.2, 0.25) is 5.91 Å². The molecule has 3 unspecified atom stereocenters. The summed E-state index contributed by atoms with van der Waals surface area (Å²) in [5, 5.41) is 3.37. The SMILES string of the molecule is CCC1CCCCN1C(=O)C1CCNC1C. The number of nitrogens with zero attached hydrogens (tertiary/aromatic N) is 1. The van der Waals surface area contributed by atoms with Crippen LogP contribution in [-0.2, 0) is 4.79 Å². The highest BCUT2D eigenvalue weighted by molar-refractivity contribution is 5.80. The highest BCUT2D eigenvalue weighted by Gasteiger charge is 2.35. The van der Waals surface area contributed by atoms with E-state index in [2.05, 4.69) is 24.1 Å². The molecular weight excluding hydrogens is 200 g/mol. The Kier molecular flexibility index (Phi) is 3.85. The molecule has 0 aromatic carbocycles. The number of carbonyl (C=O) groups is 1. The fraction of sp³-hybridized carbons (Fsp3) is 0.923. The number of likely N-dealkylation sites (tertiary alicyclic amines) is 1. The average molecular weight is 224 g/mol. The molecule has 3 nitrogen and oxygen atoms in total. The van der Waals surface area contributed by atoms with E-state index in [1.807, 2.05) is 0 Å². The number of rotatable bonds is 2. The Balaban J connectivity index is 2.01. The maximum Gasteiger partial charge on any atom is 0.227 e. The van der Waals surface area contributed by atoms with Crippen molar-refractivity contribution in [3.63, 3.8) is 0 Å². The van der Waals surface area contributed by atoms with Crippen LogP contribution in [0.1, 0.15) is 46.0 Å². The zero-order valence-corrected chi connectivity index (χ0v) is 10.5. The molecule has 16 heavy (non-hydrogen) atoms. The molecule has 2 rings (SSSR count). The lowest BCUT2D eigenvalue weighted by molar-refractivity contribution is -0.139. The zero-order valence-electron chi connectivity index (χ0n) is 10.5. The minimum absolute atomic E-state index is 0.229. The van der Waals surface area contributed by atoms with Gasteiger partial charge in [0, 0.05) is 18.6 Å². The normalized spacial score (nSPS) is 35.4. The largest absolute Gasteiger partial charge is 0.339 e. The van der Waals surface area contributed by atoms with E-state index >= 15 is 0 Å². The van der Waals surface area contributed by atoms with Crippen LogP contribution in [0.25, 0.3) is 0 Å². The van der Waals surface area contributed by atoms with Gasteiger partial charge in [0.25, 0.3) is 0 Å². The number of nitrogens with one attached hydrogen (secondary N) is 1. The Labute approximate surface area is 98.6 Å². The van der Waals surface area contributed by atoms with Crippen molar-refractivity contribution in [2.24, 2.45) is 5.92 Å². The van der Waals surface area contributed by atoms with E-state index in [0.29, 0.717) is 18.0 Å². The van der Waals surface area contributed by atoms with Gasteiger partial charge in [-0.1, -0.05) is 6.92 Å². The smallest absolute Gasteiger partial charge is 0.227 e. The molecule has 0 radical (unpaired) electrons. The van der Waals surface area contributed by atoms with Gasteiger partial charge in [-0.2, -0.15) is 0 Å². The summed E-state index contributed by atoms with van der Waals surface area (Å²) in [5.74, 6) is 0.635. The molecule has 1 N–H and O–H groups in total. The molecular formula is C13H24N2O. The third-order valence-electron chi connectivity index (χ3n) is 4.22. The summed E-state index contributed by atoms with van der Waals surface area (Å²) in [4.78, 5) is 14.6. The van der Waals surface area contributed by atoms with E-state index < -0.39 is 0 Å². The van der Waals surface area contributed by atoms with Crippen LogP contribution < -0.4 is 5.32 Å². The first-order valence-corrected chi connectivity index (χ1v) is 6.78. The van der Waals surface area contributed by atoms with Crippen LogP contribution in [0.4, 0.5) is 0 Å². The summed E-state index contributed by atoms with van der Waals surface area (Å²) in [6.07, 6.45) is 5.82. The van der Waals surface area contributed by atoms with Crippen LogP contribution in [0.15, 0.2) is 0 Å². The predicted octanol–water partition coefficient (Wildman–Crippen LogP) is 1.78. The maximum atomic E-state index is 12.5. The summed E-state index contributed by atoms with van der Waals surface area (Å²) in [6, 6.07) is 0.876. The molecule has 0 aromatic heterocycles. The minimum atomic E-state index is 0.229. The number of hydrogen-bond acceptors (Lipinski definition) is 2. The molecule has 2 heterocycles. The fourth-order valence-corrected chi connectivity index (χ4v) is 3.12. The van der Waals surface area contributed by atoms with Gasteiger partial charge in [-0.3, -0.25) is 4.79 Å². The minimum Gasteiger partial charge on any atom is -0.339 e. The van der Waals surface area contributed by atoms with Gasteiger partial charge >= 0.3 is 0 Å². The van der Waals surface area contributed by atoms with Crippen molar-refractivity contribution in [2.75, 3.05) is 13.1 Å². The third kappa shape index (κ3) is 2.24. The predicted molar refractivity (Wildman–Crippen MR) is 65.2 cm³/mol. The van der Waals surface area contributed by atoms with Gasteiger partial charge in [0.1, 0.15) is 0 Å². The summed E-state index contributed by atoms with van der Waals surface area (Å²) in [5.41, 5.74) is 0. The molecule has 3 atom stereocenters. The second-order valence-corrected chi connectivity index (χ2v) is 5.23. The summed E-state index contributed by atoms with van der Waals surface area (Å²) in [7, 11) is 0. The quantitative estimate of drug-likeness (QED) is 0.775. The zero-order chi connectivity index (χ0) is 11.5. The number of carbonyl (C=O) groups excluding carboxylic acids is 1. The van der Waals surface area contributed by atoms with E-state index in [1.54, 1.807) is 0 Å². The first kappa shape index (κ1) is 11.9. The first-order valence-electron chi connectivity index (χ1n) is 6.78. The second-order valence-electron chi connectivity index (χ2n) is 5.23. The van der Waals surface area contributed by atoms with Crippen molar-refractivity contribution in [1.29, 1.82) is 0 Å². The molecule has 3 heteroatoms. The summed E-state index contributed by atoms with van der Waals surface area (Å²) < 4.78 is 0. The van der Waals surface area contributed by atoms with Crippen molar-refractivity contribution < 1.29 is 4.79 Å². The van der Waals surface area contributed by atoms with Gasteiger partial charge in [0.05, 0.1) is 5.92 Å². The van der Waals surface area contributed by atoms with Gasteiger partial charge < -0.3 is 10.2 Å². The molecule has 92 valence electrons. The Morgan fingerprint density at radius 1 is 1.38 bits per heavy atom. The summed E-state index contributed by atoms with van der Waals surface area (Å²) >= 11 is 0. The van der Waals surface area contributed by atoms with Crippen LogP contribution in [0.3, 0.4) is 0 Å². The second kappa shape index (κ2) is 5.17. The van der Waals surface area contributed by atoms with Crippen LogP contribution in [-0.4, -0.2) is 36.0 Å². The van der Waals surface area contributed by atoms with Gasteiger partial charge in [0.15, 0.2) is 0 Å². The fourth-order valence-electron chi connectivity index (χ4n) is 3.12. The highest BCUT2D eigenvalue weighted by Crippen LogP contribution is 2.25. The molecule has 2 fully saturated rings. The van der Waals surface area contributed by atoms with Crippen molar-refractivity contribution in [1.82, 2.24) is 10.2 Å². The van der Waals surface area contributed by atoms with Crippen LogP contribution in [0.5, 0.6) is 0 Å². The molecule has 0 spiro atoms. The lowest BCUT2D eigenvalue weighted by Gasteiger charge is -2.37. The molecule has 0 bridgehead atoms. The van der Waals surface area contributed by atoms with E-state index in [-0.39, 0.29) is 5.92 Å². The topological polar surface area (TPSA) is 32.3 Å². The van der Waals surface area contributed by atoms with Crippen molar-refractivity contribution in [3.8, 4) is 0 Å². The lowest BCUT2D eigenvalue weighted by Crippen LogP contribution is -2.48. The number of hydrogen-bond donors (Lipinski definition) is 1. The van der Waals surface area contributed by atoms with Crippen LogP contribution in [0, 0.1) is 5.92 Å². The maximum absolute atomic E-state index is 12.5. The highest BCUT2D eigenvalue weighted by atomic mass is 16.2. The Bertz CT molecular complexity index is 254. The van der Waals surface area contributed by atoms with E-state index in [1.165, 1.54) is 19.3 Å². The average Bonchev–Trinajstić information content (AvgIpc) is 2.74. The van der Waals surface area contributed by atoms with Crippen LogP contribution in [0.2, 0.25) is 0 Å². The standard InChI is InChI=1S/C13H24N2O/c1-3-11-6-4-5-9-15(11)13(16)12-7-8-14-10(12)2/h10-12,14H,3-9H2,1-2H3. The van der Waals surface area contributed by atoms with Crippen molar-refractivity contribution >= 4 is 5.91 Å². The molecule has 2 saturated heterocycles. The van der Waals surface area contributed by atoms with Crippen molar-refractivity contribution in [2.45, 2.75) is 58.0 Å². The molecule has 1 amide bonds. The molecule has 0 aromatic rings. The van der Waals surface area contributed by atoms with Gasteiger partial charge in [-0.25, -0.2) is 0 Å². The van der Waals surface area contributed by atoms with Crippen LogP contribution >= 0.6 is 0 Å². The monoisotopic (exact) mass is 224 g/mol. The Morgan fingerprint density at radius 3 is 2.81 bits per heavy atom. The number of piperidine rings is 1. The molecule has 2 aliphatic rings. The van der Waals surface area contributed by atoms with Crippen molar-refractivity contribution in [3.05, 3.63) is 0 Å². The Morgan fingerprint density at radius 2 is 2.19 bits per heavy atom. The third-order valence-corrected chi connectivity index (χ3v) is 4.22. The molecule has 0 aliphatic carbocycles. The van der Waals surface area contributed by atoms with E-state index in [9.17, 15) is 4.79 Å². The Hall–Kier alpha value is -0.570. The van der Waals surface area contributed by atoms with E-state index in [0.717, 1.165) is 25.9 Å². The van der Waals surface area contributed by atoms with E-state index in [4.69, 9.17) is 0 Å².